The zero-order valence-electron chi connectivity index (χ0n) is 13.3. The molecular weight excluding hydrogens is 326 g/mol. The van der Waals surface area contributed by atoms with Crippen LogP contribution in [0.1, 0.15) is 22.6 Å². The van der Waals surface area contributed by atoms with Gasteiger partial charge in [0.25, 0.3) is 5.91 Å². The fourth-order valence-electron chi connectivity index (χ4n) is 2.51. The molecule has 3 aromatic rings. The summed E-state index contributed by atoms with van der Waals surface area (Å²) in [6, 6.07) is 7.32. The van der Waals surface area contributed by atoms with E-state index in [1.807, 2.05) is 25.3 Å². The van der Waals surface area contributed by atoms with E-state index in [0.717, 1.165) is 24.4 Å². The highest BCUT2D eigenvalue weighted by Crippen LogP contribution is 2.23. The van der Waals surface area contributed by atoms with Crippen LogP contribution >= 0.6 is 11.6 Å². The van der Waals surface area contributed by atoms with Crippen LogP contribution in [0.2, 0.25) is 5.02 Å². The van der Waals surface area contributed by atoms with Gasteiger partial charge in [0, 0.05) is 36.1 Å². The number of nitrogens with one attached hydrogen (secondary N) is 2. The number of hydrogen-bond acceptors (Lipinski definition) is 3. The van der Waals surface area contributed by atoms with Crippen LogP contribution in [0.25, 0.3) is 11.3 Å². The number of aromatic nitrogens is 4. The highest BCUT2D eigenvalue weighted by molar-refractivity contribution is 6.30. The van der Waals surface area contributed by atoms with Crippen LogP contribution in [0, 0.1) is 6.92 Å². The van der Waals surface area contributed by atoms with Crippen molar-refractivity contribution in [2.24, 2.45) is 0 Å². The molecule has 0 bridgehead atoms. The molecular formula is C17H18ClN5O. The van der Waals surface area contributed by atoms with Gasteiger partial charge in [-0.3, -0.25) is 9.89 Å². The first kappa shape index (κ1) is 16.3. The van der Waals surface area contributed by atoms with Crippen molar-refractivity contribution in [3.8, 4) is 11.3 Å². The Balaban J connectivity index is 1.60. The van der Waals surface area contributed by atoms with Gasteiger partial charge < -0.3 is 9.88 Å². The predicted octanol–water partition coefficient (Wildman–Crippen LogP) is 3.06. The SMILES string of the molecule is Cc1nccn1CCCNC(=O)c1cn[nH]c1-c1cccc(Cl)c1. The third-order valence-electron chi connectivity index (χ3n) is 3.78. The second-order valence-electron chi connectivity index (χ2n) is 5.45. The van der Waals surface area contributed by atoms with E-state index in [4.69, 9.17) is 11.6 Å². The number of carbonyl (C=O) groups is 1. The van der Waals surface area contributed by atoms with E-state index in [-0.39, 0.29) is 5.91 Å². The zero-order valence-corrected chi connectivity index (χ0v) is 14.0. The molecule has 0 spiro atoms. The van der Waals surface area contributed by atoms with Crippen LogP contribution in [0.15, 0.2) is 42.9 Å². The number of rotatable bonds is 6. The lowest BCUT2D eigenvalue weighted by Crippen LogP contribution is -2.25. The van der Waals surface area contributed by atoms with Gasteiger partial charge in [-0.05, 0) is 25.5 Å². The molecule has 0 unspecified atom stereocenters. The summed E-state index contributed by atoms with van der Waals surface area (Å²) in [7, 11) is 0. The summed E-state index contributed by atoms with van der Waals surface area (Å²) >= 11 is 6.02. The number of carbonyl (C=O) groups excluding carboxylic acids is 1. The number of amides is 1. The van der Waals surface area contributed by atoms with Gasteiger partial charge in [-0.2, -0.15) is 5.10 Å². The van der Waals surface area contributed by atoms with E-state index in [1.54, 1.807) is 18.3 Å². The molecule has 2 heterocycles. The normalized spacial score (nSPS) is 10.8. The van der Waals surface area contributed by atoms with Gasteiger partial charge in [0.05, 0.1) is 17.5 Å². The van der Waals surface area contributed by atoms with Crippen molar-refractivity contribution >= 4 is 17.5 Å². The molecule has 24 heavy (non-hydrogen) atoms. The minimum atomic E-state index is -0.152. The molecule has 0 atom stereocenters. The van der Waals surface area contributed by atoms with Crippen molar-refractivity contribution in [2.75, 3.05) is 6.54 Å². The largest absolute Gasteiger partial charge is 0.352 e. The predicted molar refractivity (Wildman–Crippen MR) is 92.9 cm³/mol. The number of imidazole rings is 1. The second kappa shape index (κ2) is 7.31. The number of nitrogens with zero attached hydrogens (tertiary/aromatic N) is 3. The van der Waals surface area contributed by atoms with Crippen LogP contribution in [-0.2, 0) is 6.54 Å². The monoisotopic (exact) mass is 343 g/mol. The van der Waals surface area contributed by atoms with Crippen LogP contribution in [0.5, 0.6) is 0 Å². The maximum Gasteiger partial charge on any atom is 0.255 e. The number of aryl methyl sites for hydroxylation is 2. The Labute approximate surface area is 144 Å². The quantitative estimate of drug-likeness (QED) is 0.675. The molecule has 3 rings (SSSR count). The first-order chi connectivity index (χ1) is 11.6. The van der Waals surface area contributed by atoms with E-state index in [1.165, 1.54) is 6.20 Å². The lowest BCUT2D eigenvalue weighted by Gasteiger charge is -2.07. The van der Waals surface area contributed by atoms with E-state index < -0.39 is 0 Å². The molecule has 124 valence electrons. The lowest BCUT2D eigenvalue weighted by molar-refractivity contribution is 0.0953. The minimum Gasteiger partial charge on any atom is -0.352 e. The topological polar surface area (TPSA) is 75.6 Å². The van der Waals surface area contributed by atoms with Crippen molar-refractivity contribution < 1.29 is 4.79 Å². The molecule has 2 aromatic heterocycles. The van der Waals surface area contributed by atoms with E-state index in [9.17, 15) is 4.79 Å². The number of halogens is 1. The molecule has 0 saturated heterocycles. The Morgan fingerprint density at radius 3 is 3.04 bits per heavy atom. The van der Waals surface area contributed by atoms with Crippen LogP contribution in [0.3, 0.4) is 0 Å². The van der Waals surface area contributed by atoms with Gasteiger partial charge in [0.15, 0.2) is 0 Å². The van der Waals surface area contributed by atoms with Crippen molar-refractivity contribution in [1.82, 2.24) is 25.1 Å². The molecule has 7 heteroatoms. The number of aromatic amines is 1. The first-order valence-electron chi connectivity index (χ1n) is 7.70. The average molecular weight is 344 g/mol. The molecule has 6 nitrogen and oxygen atoms in total. The van der Waals surface area contributed by atoms with Crippen molar-refractivity contribution in [1.29, 1.82) is 0 Å². The van der Waals surface area contributed by atoms with Crippen molar-refractivity contribution in [3.05, 3.63) is 59.3 Å². The maximum atomic E-state index is 12.4. The van der Waals surface area contributed by atoms with Gasteiger partial charge in [-0.1, -0.05) is 23.7 Å². The third-order valence-corrected chi connectivity index (χ3v) is 4.02. The minimum absolute atomic E-state index is 0.152. The average Bonchev–Trinajstić information content (AvgIpc) is 3.20. The van der Waals surface area contributed by atoms with Gasteiger partial charge in [-0.15, -0.1) is 0 Å². The smallest absolute Gasteiger partial charge is 0.255 e. The van der Waals surface area contributed by atoms with Gasteiger partial charge in [0.2, 0.25) is 0 Å². The number of benzene rings is 1. The Kier molecular flexibility index (Phi) is 4.96. The third kappa shape index (κ3) is 3.65. The molecule has 1 amide bonds. The maximum absolute atomic E-state index is 12.4. The summed E-state index contributed by atoms with van der Waals surface area (Å²) in [4.78, 5) is 16.6. The lowest BCUT2D eigenvalue weighted by atomic mass is 10.1. The second-order valence-corrected chi connectivity index (χ2v) is 5.88. The Morgan fingerprint density at radius 2 is 2.29 bits per heavy atom. The zero-order chi connectivity index (χ0) is 16.9. The summed E-state index contributed by atoms with van der Waals surface area (Å²) in [5.41, 5.74) is 2.01. The highest BCUT2D eigenvalue weighted by Gasteiger charge is 2.15. The summed E-state index contributed by atoms with van der Waals surface area (Å²) in [5.74, 6) is 0.820. The van der Waals surface area contributed by atoms with Gasteiger partial charge >= 0.3 is 0 Å². The number of H-pyrrole nitrogens is 1. The molecule has 0 saturated carbocycles. The first-order valence-corrected chi connectivity index (χ1v) is 8.08. The molecule has 0 aliphatic rings. The number of hydrogen-bond donors (Lipinski definition) is 2. The molecule has 1 aromatic carbocycles. The van der Waals surface area contributed by atoms with Crippen LogP contribution in [0.4, 0.5) is 0 Å². The molecule has 0 fully saturated rings. The molecule has 2 N–H and O–H groups in total. The van der Waals surface area contributed by atoms with E-state index >= 15 is 0 Å². The Hall–Kier alpha value is -2.60. The van der Waals surface area contributed by atoms with Gasteiger partial charge in [-0.25, -0.2) is 4.98 Å². The highest BCUT2D eigenvalue weighted by atomic mass is 35.5. The standard InChI is InChI=1S/C17H18ClN5O/c1-12-19-7-9-23(12)8-3-6-20-17(24)15-11-21-22-16(15)13-4-2-5-14(18)10-13/h2,4-5,7,9-11H,3,6,8H2,1H3,(H,20,24)(H,21,22). The molecule has 0 aliphatic carbocycles. The van der Waals surface area contributed by atoms with Crippen LogP contribution < -0.4 is 5.32 Å². The van der Waals surface area contributed by atoms with Crippen LogP contribution in [-0.4, -0.2) is 32.2 Å². The summed E-state index contributed by atoms with van der Waals surface area (Å²) in [6.45, 7) is 3.36. The fourth-order valence-corrected chi connectivity index (χ4v) is 2.70. The molecule has 0 radical (unpaired) electrons. The van der Waals surface area contributed by atoms with Crippen molar-refractivity contribution in [2.45, 2.75) is 19.9 Å². The Morgan fingerprint density at radius 1 is 1.42 bits per heavy atom. The summed E-state index contributed by atoms with van der Waals surface area (Å²) in [5, 5.41) is 10.4. The van der Waals surface area contributed by atoms with E-state index in [2.05, 4.69) is 25.1 Å². The van der Waals surface area contributed by atoms with Crippen molar-refractivity contribution in [3.63, 3.8) is 0 Å². The van der Waals surface area contributed by atoms with E-state index in [0.29, 0.717) is 22.8 Å². The Bertz CT molecular complexity index is 839. The summed E-state index contributed by atoms with van der Waals surface area (Å²) < 4.78 is 2.06. The van der Waals surface area contributed by atoms with Gasteiger partial charge in [0.1, 0.15) is 5.82 Å². The molecule has 0 aliphatic heterocycles. The fraction of sp³-hybridized carbons (Fsp3) is 0.235. The summed E-state index contributed by atoms with van der Waals surface area (Å²) in [6.07, 6.45) is 6.07.